The lowest BCUT2D eigenvalue weighted by Gasteiger charge is -2.01. The predicted molar refractivity (Wildman–Crippen MR) is 82.1 cm³/mol. The first-order valence-electron chi connectivity index (χ1n) is 6.36. The first-order chi connectivity index (χ1) is 10.6. The monoisotopic (exact) mass is 336 g/mol. The largest absolute Gasteiger partial charge is 0.337 e. The molecule has 0 amide bonds. The molecule has 0 atom stereocenters. The topological polar surface area (TPSA) is 73.8 Å². The second-order valence-corrected chi connectivity index (χ2v) is 5.38. The lowest BCUT2D eigenvalue weighted by atomic mass is 10.1. The molecule has 1 aromatic carbocycles. The van der Waals surface area contributed by atoms with E-state index >= 15 is 0 Å². The summed E-state index contributed by atoms with van der Waals surface area (Å²) in [6, 6.07) is 7.67. The summed E-state index contributed by atoms with van der Waals surface area (Å²) in [7, 11) is 0. The van der Waals surface area contributed by atoms with Crippen molar-refractivity contribution in [1.82, 2.24) is 19.9 Å². The molecule has 0 saturated heterocycles. The summed E-state index contributed by atoms with van der Waals surface area (Å²) in [5.41, 5.74) is 1.39. The Morgan fingerprint density at radius 2 is 2.05 bits per heavy atom. The smallest absolute Gasteiger partial charge is 0.287 e. The van der Waals surface area contributed by atoms with Gasteiger partial charge >= 0.3 is 0 Å². The maximum Gasteiger partial charge on any atom is 0.287 e. The molecular formula is C14H10Cl2N4O2. The molecule has 0 unspecified atom stereocenters. The Bertz CT molecular complexity index is 889. The molecule has 2 aromatic heterocycles. The third kappa shape index (κ3) is 2.75. The molecule has 0 aliphatic rings. The Morgan fingerprint density at radius 1 is 1.27 bits per heavy atom. The number of nitrogens with zero attached hydrogens (tertiary/aromatic N) is 4. The van der Waals surface area contributed by atoms with Crippen molar-refractivity contribution in [2.45, 2.75) is 13.5 Å². The zero-order valence-electron chi connectivity index (χ0n) is 11.5. The molecule has 0 bridgehead atoms. The van der Waals surface area contributed by atoms with Crippen LogP contribution in [0.25, 0.3) is 11.4 Å². The van der Waals surface area contributed by atoms with Gasteiger partial charge in [0.2, 0.25) is 11.7 Å². The maximum atomic E-state index is 11.9. The lowest BCUT2D eigenvalue weighted by molar-refractivity contribution is 0.363. The zero-order valence-corrected chi connectivity index (χ0v) is 13.0. The van der Waals surface area contributed by atoms with E-state index in [0.717, 1.165) is 15.8 Å². The van der Waals surface area contributed by atoms with Crippen molar-refractivity contribution >= 4 is 23.2 Å². The number of aryl methyl sites for hydroxylation is 1. The van der Waals surface area contributed by atoms with E-state index in [1.165, 1.54) is 6.20 Å². The molecule has 6 nitrogen and oxygen atoms in total. The van der Waals surface area contributed by atoms with E-state index < -0.39 is 5.56 Å². The van der Waals surface area contributed by atoms with Crippen LogP contribution in [-0.2, 0) is 6.54 Å². The van der Waals surface area contributed by atoms with Crippen LogP contribution in [0.4, 0.5) is 0 Å². The lowest BCUT2D eigenvalue weighted by Crippen LogP contribution is -2.23. The molecule has 112 valence electrons. The van der Waals surface area contributed by atoms with Gasteiger partial charge in [-0.05, 0) is 12.5 Å². The van der Waals surface area contributed by atoms with E-state index in [1.807, 2.05) is 31.2 Å². The summed E-state index contributed by atoms with van der Waals surface area (Å²) in [5.74, 6) is 0.715. The summed E-state index contributed by atoms with van der Waals surface area (Å²) in [4.78, 5) is 16.2. The molecule has 3 aromatic rings. The Labute approximate surface area is 135 Å². The third-order valence-corrected chi connectivity index (χ3v) is 3.83. The van der Waals surface area contributed by atoms with Crippen LogP contribution in [0, 0.1) is 6.92 Å². The minimum absolute atomic E-state index is 0.0224. The summed E-state index contributed by atoms with van der Waals surface area (Å²) in [5, 5.41) is 7.84. The van der Waals surface area contributed by atoms with Gasteiger partial charge in [-0.3, -0.25) is 4.79 Å². The molecule has 0 aliphatic heterocycles. The fourth-order valence-corrected chi connectivity index (χ4v) is 2.21. The van der Waals surface area contributed by atoms with Gasteiger partial charge in [0, 0.05) is 5.56 Å². The highest BCUT2D eigenvalue weighted by Gasteiger charge is 2.13. The first kappa shape index (κ1) is 14.7. The zero-order chi connectivity index (χ0) is 15.7. The Kier molecular flexibility index (Phi) is 3.96. The van der Waals surface area contributed by atoms with Gasteiger partial charge in [-0.2, -0.15) is 10.1 Å². The second-order valence-electron chi connectivity index (χ2n) is 4.60. The van der Waals surface area contributed by atoms with Crippen molar-refractivity contribution in [1.29, 1.82) is 0 Å². The predicted octanol–water partition coefficient (Wildman–Crippen LogP) is 2.96. The molecular weight excluding hydrogens is 327 g/mol. The van der Waals surface area contributed by atoms with Gasteiger partial charge in [0.1, 0.15) is 11.6 Å². The molecule has 22 heavy (non-hydrogen) atoms. The quantitative estimate of drug-likeness (QED) is 0.735. The average Bonchev–Trinajstić information content (AvgIpc) is 2.97. The van der Waals surface area contributed by atoms with Crippen LogP contribution in [0.2, 0.25) is 10.0 Å². The normalized spacial score (nSPS) is 10.9. The first-order valence-corrected chi connectivity index (χ1v) is 7.11. The van der Waals surface area contributed by atoms with E-state index in [1.54, 1.807) is 0 Å². The van der Waals surface area contributed by atoms with Gasteiger partial charge in [0.05, 0.1) is 11.2 Å². The number of halogens is 2. The van der Waals surface area contributed by atoms with Gasteiger partial charge in [-0.25, -0.2) is 4.68 Å². The van der Waals surface area contributed by atoms with Crippen molar-refractivity contribution in [2.24, 2.45) is 0 Å². The van der Waals surface area contributed by atoms with Crippen LogP contribution in [0.3, 0.4) is 0 Å². The highest BCUT2D eigenvalue weighted by atomic mass is 35.5. The van der Waals surface area contributed by atoms with Gasteiger partial charge in [0.25, 0.3) is 5.56 Å². The van der Waals surface area contributed by atoms with E-state index in [0.29, 0.717) is 5.82 Å². The number of rotatable bonds is 3. The molecule has 0 aliphatic carbocycles. The van der Waals surface area contributed by atoms with Crippen LogP contribution in [0.1, 0.15) is 11.5 Å². The SMILES string of the molecule is Cc1ccccc1-c1noc(Cn2ncc(Cl)c(Cl)c2=O)n1. The van der Waals surface area contributed by atoms with E-state index in [-0.39, 0.29) is 22.5 Å². The second kappa shape index (κ2) is 5.90. The highest BCUT2D eigenvalue weighted by molar-refractivity contribution is 6.41. The minimum Gasteiger partial charge on any atom is -0.337 e. The van der Waals surface area contributed by atoms with E-state index in [4.69, 9.17) is 27.7 Å². The molecule has 2 heterocycles. The molecule has 0 N–H and O–H groups in total. The Hall–Kier alpha value is -2.18. The van der Waals surface area contributed by atoms with Crippen LogP contribution >= 0.6 is 23.2 Å². The summed E-state index contributed by atoms with van der Waals surface area (Å²) in [6.45, 7) is 1.98. The van der Waals surface area contributed by atoms with Gasteiger partial charge in [-0.15, -0.1) is 0 Å². The summed E-state index contributed by atoms with van der Waals surface area (Å²) in [6.07, 6.45) is 1.30. The number of aromatic nitrogens is 4. The molecule has 0 fully saturated rings. The fraction of sp³-hybridized carbons (Fsp3) is 0.143. The Balaban J connectivity index is 1.91. The van der Waals surface area contributed by atoms with Crippen molar-refractivity contribution < 1.29 is 4.52 Å². The molecule has 0 radical (unpaired) electrons. The molecule has 8 heteroatoms. The van der Waals surface area contributed by atoms with Crippen molar-refractivity contribution in [3.8, 4) is 11.4 Å². The number of benzene rings is 1. The van der Waals surface area contributed by atoms with Gasteiger partial charge in [-0.1, -0.05) is 52.6 Å². The maximum absolute atomic E-state index is 11.9. The molecule has 0 spiro atoms. The number of hydrogen-bond donors (Lipinski definition) is 0. The van der Waals surface area contributed by atoms with Gasteiger partial charge in [0.15, 0.2) is 0 Å². The van der Waals surface area contributed by atoms with E-state index in [2.05, 4.69) is 15.2 Å². The third-order valence-electron chi connectivity index (χ3n) is 3.08. The standard InChI is InChI=1S/C14H10Cl2N4O2/c1-8-4-2-3-5-9(8)13-18-11(22-19-13)7-20-14(21)12(16)10(15)6-17-20/h2-6H,7H2,1H3. The van der Waals surface area contributed by atoms with Gasteiger partial charge < -0.3 is 4.52 Å². The average molecular weight is 337 g/mol. The van der Waals surface area contributed by atoms with Crippen LogP contribution < -0.4 is 5.56 Å². The van der Waals surface area contributed by atoms with Crippen LogP contribution in [0.5, 0.6) is 0 Å². The minimum atomic E-state index is -0.509. The fourth-order valence-electron chi connectivity index (χ4n) is 1.94. The summed E-state index contributed by atoms with van der Waals surface area (Å²) < 4.78 is 6.28. The molecule has 0 saturated carbocycles. The number of hydrogen-bond acceptors (Lipinski definition) is 5. The van der Waals surface area contributed by atoms with E-state index in [9.17, 15) is 4.79 Å². The highest BCUT2D eigenvalue weighted by Crippen LogP contribution is 2.20. The summed E-state index contributed by atoms with van der Waals surface area (Å²) >= 11 is 11.5. The van der Waals surface area contributed by atoms with Crippen LogP contribution in [0.15, 0.2) is 39.8 Å². The van der Waals surface area contributed by atoms with Crippen LogP contribution in [-0.4, -0.2) is 19.9 Å². The van der Waals surface area contributed by atoms with Crippen molar-refractivity contribution in [2.75, 3.05) is 0 Å². The molecule has 3 rings (SSSR count). The van der Waals surface area contributed by atoms with Crippen molar-refractivity contribution in [3.63, 3.8) is 0 Å². The van der Waals surface area contributed by atoms with Crippen molar-refractivity contribution in [3.05, 3.63) is 62.3 Å². The Morgan fingerprint density at radius 3 is 2.82 bits per heavy atom.